The Kier molecular flexibility index (Phi) is 10.4. The van der Waals surface area contributed by atoms with Crippen molar-refractivity contribution in [3.8, 4) is 0 Å². The van der Waals surface area contributed by atoms with E-state index in [0.29, 0.717) is 12.8 Å². The van der Waals surface area contributed by atoms with E-state index in [2.05, 4.69) is 19.2 Å². The molecule has 2 atom stereocenters. The van der Waals surface area contributed by atoms with Gasteiger partial charge in [0.1, 0.15) is 0 Å². The van der Waals surface area contributed by atoms with Crippen LogP contribution in [0.4, 0.5) is 9.59 Å². The van der Waals surface area contributed by atoms with Gasteiger partial charge in [-0.1, -0.05) is 0 Å². The van der Waals surface area contributed by atoms with Gasteiger partial charge in [0.2, 0.25) is 0 Å². The zero-order valence-corrected chi connectivity index (χ0v) is 12.2. The highest BCUT2D eigenvalue weighted by atomic mass is 17.3. The maximum absolute atomic E-state index is 11.0. The molecular formula is C12H22O8. The number of carbonyl (C=O) groups excluding carboxylic acids is 2. The lowest BCUT2D eigenvalue weighted by Gasteiger charge is -2.10. The van der Waals surface area contributed by atoms with Gasteiger partial charge >= 0.3 is 12.3 Å². The molecule has 0 aromatic heterocycles. The second-order valence-corrected chi connectivity index (χ2v) is 4.03. The van der Waals surface area contributed by atoms with Gasteiger partial charge in [0.15, 0.2) is 0 Å². The first-order valence-electron chi connectivity index (χ1n) is 6.23. The summed E-state index contributed by atoms with van der Waals surface area (Å²) in [6.45, 7) is 3.84. The van der Waals surface area contributed by atoms with Crippen LogP contribution in [-0.4, -0.2) is 52.0 Å². The Balaban J connectivity index is 3.56. The van der Waals surface area contributed by atoms with Crippen LogP contribution in [0.2, 0.25) is 0 Å². The van der Waals surface area contributed by atoms with Gasteiger partial charge in [0, 0.05) is 27.1 Å². The van der Waals surface area contributed by atoms with Gasteiger partial charge in [-0.2, -0.15) is 19.4 Å². The third kappa shape index (κ3) is 10.4. The minimum atomic E-state index is -1.12. The van der Waals surface area contributed by atoms with Crippen LogP contribution in [0.1, 0.15) is 26.7 Å². The van der Waals surface area contributed by atoms with Crippen LogP contribution in [0.3, 0.4) is 0 Å². The van der Waals surface area contributed by atoms with Gasteiger partial charge < -0.3 is 18.9 Å². The van der Waals surface area contributed by atoms with Crippen LogP contribution < -0.4 is 0 Å². The van der Waals surface area contributed by atoms with Crippen LogP contribution in [0.25, 0.3) is 0 Å². The molecule has 0 fully saturated rings. The topological polar surface area (TPSA) is 89.5 Å². The monoisotopic (exact) mass is 294 g/mol. The van der Waals surface area contributed by atoms with Gasteiger partial charge in [0.05, 0.1) is 25.4 Å². The Bertz CT molecular complexity index is 253. The van der Waals surface area contributed by atoms with E-state index in [-0.39, 0.29) is 25.4 Å². The summed E-state index contributed by atoms with van der Waals surface area (Å²) in [6, 6.07) is 0. The molecule has 0 bridgehead atoms. The maximum Gasteiger partial charge on any atom is 0.549 e. The predicted octanol–water partition coefficient (Wildman–Crippen LogP) is 2.06. The fourth-order valence-corrected chi connectivity index (χ4v) is 0.968. The molecule has 20 heavy (non-hydrogen) atoms. The van der Waals surface area contributed by atoms with Crippen LogP contribution in [-0.2, 0) is 28.7 Å². The van der Waals surface area contributed by atoms with Gasteiger partial charge in [-0.25, -0.2) is 0 Å². The third-order valence-electron chi connectivity index (χ3n) is 2.47. The summed E-state index contributed by atoms with van der Waals surface area (Å²) < 4.78 is 19.2. The SMILES string of the molecule is CO[C@H](C)CCOC(=O)OOC(=O)OCC[C@H](C)OC. The third-order valence-corrected chi connectivity index (χ3v) is 2.47. The molecule has 0 aliphatic rings. The van der Waals surface area contributed by atoms with Crippen molar-refractivity contribution in [2.45, 2.75) is 38.9 Å². The minimum absolute atomic E-state index is 0.0449. The summed E-state index contributed by atoms with van der Waals surface area (Å²) >= 11 is 0. The first kappa shape index (κ1) is 18.5. The molecule has 0 amide bonds. The highest BCUT2D eigenvalue weighted by molar-refractivity contribution is 5.63. The zero-order valence-electron chi connectivity index (χ0n) is 12.2. The predicted molar refractivity (Wildman–Crippen MR) is 67.0 cm³/mol. The number of hydrogen-bond donors (Lipinski definition) is 0. The van der Waals surface area contributed by atoms with E-state index >= 15 is 0 Å². The number of hydrogen-bond acceptors (Lipinski definition) is 8. The van der Waals surface area contributed by atoms with E-state index in [1.807, 2.05) is 13.8 Å². The molecule has 0 aliphatic heterocycles. The van der Waals surface area contributed by atoms with Crippen molar-refractivity contribution in [1.29, 1.82) is 0 Å². The van der Waals surface area contributed by atoms with Crippen molar-refractivity contribution in [3.05, 3.63) is 0 Å². The largest absolute Gasteiger partial charge is 0.549 e. The summed E-state index contributed by atoms with van der Waals surface area (Å²) in [4.78, 5) is 30.2. The number of rotatable bonds is 8. The Labute approximate surface area is 118 Å². The number of methoxy groups -OCH3 is 2. The molecule has 8 heteroatoms. The summed E-state index contributed by atoms with van der Waals surface area (Å²) in [5.74, 6) is 0. The van der Waals surface area contributed by atoms with Gasteiger partial charge in [-0.15, -0.1) is 0 Å². The average molecular weight is 294 g/mol. The fraction of sp³-hybridized carbons (Fsp3) is 0.833. The Morgan fingerprint density at radius 2 is 1.15 bits per heavy atom. The summed E-state index contributed by atoms with van der Waals surface area (Å²) in [7, 11) is 3.10. The molecule has 0 saturated heterocycles. The van der Waals surface area contributed by atoms with E-state index < -0.39 is 12.3 Å². The van der Waals surface area contributed by atoms with Crippen molar-refractivity contribution in [3.63, 3.8) is 0 Å². The standard InChI is InChI=1S/C12H22O8/c1-9(15-3)5-7-17-11(13)19-20-12(14)18-8-6-10(2)16-4/h9-10H,5-8H2,1-4H3/t9-,10+. The van der Waals surface area contributed by atoms with E-state index in [1.165, 1.54) is 0 Å². The molecule has 0 aromatic carbocycles. The van der Waals surface area contributed by atoms with Crippen molar-refractivity contribution in [2.75, 3.05) is 27.4 Å². The van der Waals surface area contributed by atoms with E-state index in [0.717, 1.165) is 0 Å². The van der Waals surface area contributed by atoms with Crippen molar-refractivity contribution >= 4 is 12.3 Å². The first-order chi connectivity index (χ1) is 9.49. The lowest BCUT2D eigenvalue weighted by molar-refractivity contribution is -0.218. The van der Waals surface area contributed by atoms with Crippen molar-refractivity contribution < 1.29 is 38.3 Å². The smallest absolute Gasteiger partial charge is 0.432 e. The van der Waals surface area contributed by atoms with E-state index in [1.54, 1.807) is 14.2 Å². The average Bonchev–Trinajstić information content (AvgIpc) is 2.44. The van der Waals surface area contributed by atoms with Crippen molar-refractivity contribution in [2.24, 2.45) is 0 Å². The normalized spacial score (nSPS) is 13.2. The lowest BCUT2D eigenvalue weighted by atomic mass is 10.3. The molecule has 0 radical (unpaired) electrons. The van der Waals surface area contributed by atoms with E-state index in [4.69, 9.17) is 9.47 Å². The number of ether oxygens (including phenoxy) is 4. The molecule has 0 spiro atoms. The minimum Gasteiger partial charge on any atom is -0.432 e. The molecule has 8 nitrogen and oxygen atoms in total. The molecule has 0 N–H and O–H groups in total. The lowest BCUT2D eigenvalue weighted by Crippen LogP contribution is -2.17. The summed E-state index contributed by atoms with van der Waals surface area (Å²) in [5.41, 5.74) is 0. The van der Waals surface area contributed by atoms with E-state index in [9.17, 15) is 9.59 Å². The molecule has 0 rings (SSSR count). The Morgan fingerprint density at radius 3 is 1.45 bits per heavy atom. The first-order valence-corrected chi connectivity index (χ1v) is 6.23. The second kappa shape index (κ2) is 11.3. The highest BCUT2D eigenvalue weighted by Crippen LogP contribution is 1.99. The Hall–Kier alpha value is -1.54. The second-order valence-electron chi connectivity index (χ2n) is 4.03. The maximum atomic E-state index is 11.0. The molecule has 0 unspecified atom stereocenters. The summed E-state index contributed by atoms with van der Waals surface area (Å²) in [6.07, 6.45) is -1.31. The molecule has 0 saturated carbocycles. The Morgan fingerprint density at radius 1 is 0.800 bits per heavy atom. The van der Waals surface area contributed by atoms with Gasteiger partial charge in [-0.05, 0) is 13.8 Å². The molecule has 0 aromatic rings. The highest BCUT2D eigenvalue weighted by Gasteiger charge is 2.13. The zero-order chi connectivity index (χ0) is 15.4. The molecule has 0 heterocycles. The van der Waals surface area contributed by atoms with Gasteiger partial charge in [0.25, 0.3) is 0 Å². The van der Waals surface area contributed by atoms with Gasteiger partial charge in [-0.3, -0.25) is 0 Å². The molecule has 118 valence electrons. The van der Waals surface area contributed by atoms with Crippen LogP contribution in [0.5, 0.6) is 0 Å². The fourth-order valence-electron chi connectivity index (χ4n) is 0.968. The quantitative estimate of drug-likeness (QED) is 0.382. The van der Waals surface area contributed by atoms with Crippen LogP contribution in [0.15, 0.2) is 0 Å². The van der Waals surface area contributed by atoms with Crippen molar-refractivity contribution in [1.82, 2.24) is 0 Å². The number of carbonyl (C=O) groups is 2. The van der Waals surface area contributed by atoms with Crippen LogP contribution >= 0.6 is 0 Å². The van der Waals surface area contributed by atoms with Crippen LogP contribution in [0, 0.1) is 0 Å². The molecular weight excluding hydrogens is 272 g/mol. The summed E-state index contributed by atoms with van der Waals surface area (Å²) in [5, 5.41) is 0. The molecule has 0 aliphatic carbocycles.